The highest BCUT2D eigenvalue weighted by molar-refractivity contribution is 5.83. The maximum Gasteiger partial charge on any atom is 0.326 e. The zero-order valence-electron chi connectivity index (χ0n) is 25.8. The van der Waals surface area contributed by atoms with Crippen molar-refractivity contribution in [3.05, 3.63) is 52.8 Å². The van der Waals surface area contributed by atoms with E-state index in [4.69, 9.17) is 9.47 Å². The molecule has 0 bridgehead atoms. The third-order valence-corrected chi connectivity index (χ3v) is 7.63. The Morgan fingerprint density at radius 1 is 0.878 bits per heavy atom. The second-order valence-corrected chi connectivity index (χ2v) is 11.1. The number of ether oxygens (including phenoxy) is 2. The quantitative estimate of drug-likeness (QED) is 0.140. The van der Waals surface area contributed by atoms with E-state index in [9.17, 15) is 14.7 Å². The van der Waals surface area contributed by atoms with Crippen LogP contribution < -0.4 is 14.8 Å². The number of carbonyl (C=O) groups is 2. The van der Waals surface area contributed by atoms with E-state index in [0.29, 0.717) is 18.8 Å². The maximum absolute atomic E-state index is 12.4. The van der Waals surface area contributed by atoms with Crippen LogP contribution in [-0.2, 0) is 22.6 Å². The zero-order valence-corrected chi connectivity index (χ0v) is 25.8. The molecule has 7 nitrogen and oxygen atoms in total. The maximum atomic E-state index is 12.4. The lowest BCUT2D eigenvalue weighted by atomic mass is 10.0. The van der Waals surface area contributed by atoms with Crippen molar-refractivity contribution in [3.63, 3.8) is 0 Å². The molecule has 0 radical (unpaired) electrons. The largest absolute Gasteiger partial charge is 0.496 e. The van der Waals surface area contributed by atoms with Gasteiger partial charge < -0.3 is 19.9 Å². The van der Waals surface area contributed by atoms with Crippen LogP contribution in [0, 0.1) is 13.8 Å². The first-order valence-electron chi connectivity index (χ1n) is 15.6. The van der Waals surface area contributed by atoms with Crippen molar-refractivity contribution in [2.45, 2.75) is 130 Å². The SMILES string of the molecule is CCCCCCCCCCCCCCCC(=O)NC(Cc1ccc(OCc2ncc(C)c(OC)c2C)cc1)C(=O)O. The van der Waals surface area contributed by atoms with Gasteiger partial charge in [0.25, 0.3) is 0 Å². The molecule has 1 aromatic heterocycles. The number of nitrogens with zero attached hydrogens (tertiary/aromatic N) is 1. The average molecular weight is 569 g/mol. The Bertz CT molecular complexity index is 1040. The van der Waals surface area contributed by atoms with Gasteiger partial charge in [0.05, 0.1) is 12.8 Å². The number of unbranched alkanes of at least 4 members (excludes halogenated alkanes) is 12. The van der Waals surface area contributed by atoms with Crippen molar-refractivity contribution in [1.29, 1.82) is 0 Å². The van der Waals surface area contributed by atoms with Gasteiger partial charge in [-0.1, -0.05) is 96.1 Å². The molecule has 7 heteroatoms. The fourth-order valence-electron chi connectivity index (χ4n) is 5.10. The molecule has 0 fully saturated rings. The molecule has 0 saturated carbocycles. The van der Waals surface area contributed by atoms with Crippen LogP contribution in [0.15, 0.2) is 30.5 Å². The summed E-state index contributed by atoms with van der Waals surface area (Å²) < 4.78 is 11.4. The summed E-state index contributed by atoms with van der Waals surface area (Å²) in [6, 6.07) is 6.33. The van der Waals surface area contributed by atoms with Crippen molar-refractivity contribution >= 4 is 11.9 Å². The number of aromatic nitrogens is 1. The van der Waals surface area contributed by atoms with Crippen molar-refractivity contribution in [3.8, 4) is 11.5 Å². The van der Waals surface area contributed by atoms with Gasteiger partial charge in [0, 0.05) is 30.2 Å². The molecule has 0 spiro atoms. The molecule has 41 heavy (non-hydrogen) atoms. The highest BCUT2D eigenvalue weighted by Gasteiger charge is 2.20. The van der Waals surface area contributed by atoms with Gasteiger partial charge in [0.15, 0.2) is 0 Å². The summed E-state index contributed by atoms with van der Waals surface area (Å²) >= 11 is 0. The van der Waals surface area contributed by atoms with E-state index in [-0.39, 0.29) is 12.3 Å². The van der Waals surface area contributed by atoms with Gasteiger partial charge >= 0.3 is 5.97 Å². The predicted octanol–water partition coefficient (Wildman–Crippen LogP) is 7.88. The molecule has 0 aliphatic carbocycles. The van der Waals surface area contributed by atoms with E-state index in [0.717, 1.165) is 47.4 Å². The lowest BCUT2D eigenvalue weighted by Crippen LogP contribution is -2.42. The molecule has 1 unspecified atom stereocenters. The molecule has 0 aliphatic rings. The van der Waals surface area contributed by atoms with Gasteiger partial charge in [-0.2, -0.15) is 0 Å². The summed E-state index contributed by atoms with van der Waals surface area (Å²) in [6.45, 7) is 6.46. The summed E-state index contributed by atoms with van der Waals surface area (Å²) in [5.41, 5.74) is 3.54. The molecule has 1 amide bonds. The lowest BCUT2D eigenvalue weighted by Gasteiger charge is -2.15. The highest BCUT2D eigenvalue weighted by atomic mass is 16.5. The predicted molar refractivity (Wildman–Crippen MR) is 165 cm³/mol. The molecule has 2 N–H and O–H groups in total. The van der Waals surface area contributed by atoms with Crippen molar-refractivity contribution in [2.24, 2.45) is 0 Å². The summed E-state index contributed by atoms with van der Waals surface area (Å²) in [7, 11) is 1.64. The normalized spacial score (nSPS) is 11.7. The van der Waals surface area contributed by atoms with Crippen LogP contribution in [-0.4, -0.2) is 35.1 Å². The molecule has 1 atom stereocenters. The Kier molecular flexibility index (Phi) is 16.6. The van der Waals surface area contributed by atoms with Crippen molar-refractivity contribution < 1.29 is 24.2 Å². The highest BCUT2D eigenvalue weighted by Crippen LogP contribution is 2.25. The first-order chi connectivity index (χ1) is 19.8. The number of carboxylic acids is 1. The Balaban J connectivity index is 1.64. The monoisotopic (exact) mass is 568 g/mol. The smallest absolute Gasteiger partial charge is 0.326 e. The van der Waals surface area contributed by atoms with Crippen LogP contribution in [0.4, 0.5) is 0 Å². The number of carboxylic acid groups (broad SMARTS) is 1. The number of methoxy groups -OCH3 is 1. The molecule has 1 heterocycles. The number of pyridine rings is 1. The Labute approximate surface area is 247 Å². The molecule has 2 aromatic rings. The lowest BCUT2D eigenvalue weighted by molar-refractivity contribution is -0.141. The van der Waals surface area contributed by atoms with Crippen LogP contribution >= 0.6 is 0 Å². The minimum absolute atomic E-state index is 0.197. The standard InChI is InChI=1S/C34H52N2O5/c1-5-6-7-8-9-10-11-12-13-14-15-16-17-18-32(37)36-30(34(38)39)23-28-19-21-29(22-20-28)41-25-31-27(3)33(40-4)26(2)24-35-31/h19-22,24,30H,5-18,23,25H2,1-4H3,(H,36,37)(H,38,39). The first kappa shape index (κ1) is 34.1. The second-order valence-electron chi connectivity index (χ2n) is 11.1. The Morgan fingerprint density at radius 2 is 1.44 bits per heavy atom. The Hall–Kier alpha value is -3.09. The molecule has 228 valence electrons. The third-order valence-electron chi connectivity index (χ3n) is 7.63. The number of aryl methyl sites for hydroxylation is 1. The second kappa shape index (κ2) is 19.9. The van der Waals surface area contributed by atoms with Crippen LogP contribution in [0.3, 0.4) is 0 Å². The van der Waals surface area contributed by atoms with Gasteiger partial charge in [0.1, 0.15) is 24.1 Å². The van der Waals surface area contributed by atoms with Gasteiger partial charge in [-0.3, -0.25) is 9.78 Å². The number of amides is 1. The number of hydrogen-bond acceptors (Lipinski definition) is 5. The van der Waals surface area contributed by atoms with Gasteiger partial charge in [-0.25, -0.2) is 4.79 Å². The van der Waals surface area contributed by atoms with E-state index in [2.05, 4.69) is 17.2 Å². The summed E-state index contributed by atoms with van der Waals surface area (Å²) in [5, 5.41) is 12.4. The topological polar surface area (TPSA) is 97.8 Å². The third kappa shape index (κ3) is 13.4. The van der Waals surface area contributed by atoms with Crippen LogP contribution in [0.1, 0.15) is 119 Å². The number of benzene rings is 1. The molecule has 1 aromatic carbocycles. The number of nitrogens with one attached hydrogen (secondary N) is 1. The number of rotatable bonds is 22. The van der Waals surface area contributed by atoms with E-state index >= 15 is 0 Å². The van der Waals surface area contributed by atoms with Gasteiger partial charge in [-0.05, 0) is 38.0 Å². The van der Waals surface area contributed by atoms with Gasteiger partial charge in [-0.15, -0.1) is 0 Å². The molecule has 0 aliphatic heterocycles. The van der Waals surface area contributed by atoms with E-state index < -0.39 is 12.0 Å². The number of carbonyl (C=O) groups excluding carboxylic acids is 1. The average Bonchev–Trinajstić information content (AvgIpc) is 2.95. The van der Waals surface area contributed by atoms with E-state index in [1.165, 1.54) is 64.2 Å². The first-order valence-corrected chi connectivity index (χ1v) is 15.6. The van der Waals surface area contributed by atoms with E-state index in [1.54, 1.807) is 13.3 Å². The van der Waals surface area contributed by atoms with E-state index in [1.807, 2.05) is 38.1 Å². The van der Waals surface area contributed by atoms with Gasteiger partial charge in [0.2, 0.25) is 5.91 Å². The minimum atomic E-state index is -1.03. The fraction of sp³-hybridized carbons (Fsp3) is 0.618. The summed E-state index contributed by atoms with van der Waals surface area (Å²) in [5.74, 6) is 0.244. The van der Waals surface area contributed by atoms with Crippen LogP contribution in [0.2, 0.25) is 0 Å². The summed E-state index contributed by atoms with van der Waals surface area (Å²) in [4.78, 5) is 28.7. The molecule has 2 rings (SSSR count). The molecule has 0 saturated heterocycles. The minimum Gasteiger partial charge on any atom is -0.496 e. The van der Waals surface area contributed by atoms with Crippen molar-refractivity contribution in [1.82, 2.24) is 10.3 Å². The molecular formula is C34H52N2O5. The van der Waals surface area contributed by atoms with Crippen molar-refractivity contribution in [2.75, 3.05) is 7.11 Å². The summed E-state index contributed by atoms with van der Waals surface area (Å²) in [6.07, 6.45) is 18.6. The van der Waals surface area contributed by atoms with Crippen LogP contribution in [0.25, 0.3) is 0 Å². The fourth-order valence-corrected chi connectivity index (χ4v) is 5.10. The van der Waals surface area contributed by atoms with Crippen LogP contribution in [0.5, 0.6) is 11.5 Å². The Morgan fingerprint density at radius 3 is 1.98 bits per heavy atom. The number of aliphatic carboxylic acids is 1. The molecular weight excluding hydrogens is 516 g/mol. The number of hydrogen-bond donors (Lipinski definition) is 2. The zero-order chi connectivity index (χ0) is 29.9.